The third-order valence-corrected chi connectivity index (χ3v) is 4.72. The molecule has 28 heavy (non-hydrogen) atoms. The van der Waals surface area contributed by atoms with Crippen LogP contribution in [0, 0.1) is 11.3 Å². The van der Waals surface area contributed by atoms with Gasteiger partial charge in [0.25, 0.3) is 0 Å². The van der Waals surface area contributed by atoms with Gasteiger partial charge in [-0.1, -0.05) is 0 Å². The van der Waals surface area contributed by atoms with E-state index in [1.807, 2.05) is 30.3 Å². The summed E-state index contributed by atoms with van der Waals surface area (Å²) in [6.45, 7) is 0. The minimum Gasteiger partial charge on any atom is -0.355 e. The highest BCUT2D eigenvalue weighted by Gasteiger charge is 2.04. The second-order valence-electron chi connectivity index (χ2n) is 6.70. The van der Waals surface area contributed by atoms with Crippen LogP contribution in [0.1, 0.15) is 22.8 Å². The van der Waals surface area contributed by atoms with Crippen molar-refractivity contribution in [1.29, 1.82) is 5.26 Å². The van der Waals surface area contributed by atoms with Crippen molar-refractivity contribution in [1.82, 2.24) is 19.9 Å². The van der Waals surface area contributed by atoms with E-state index >= 15 is 0 Å². The van der Waals surface area contributed by atoms with E-state index in [1.54, 1.807) is 0 Å². The van der Waals surface area contributed by atoms with Crippen molar-refractivity contribution in [3.63, 3.8) is 0 Å². The summed E-state index contributed by atoms with van der Waals surface area (Å²) in [4.78, 5) is 13.7. The first kappa shape index (κ1) is 16.0. The topological polar surface area (TPSA) is 86.9 Å². The number of allylic oxidation sites excluding steroid dienone is 2. The molecule has 0 radical (unpaired) electrons. The standard InChI is InChI=1S/C23H17N5/c24-11-1-2-21-22-9-7-19(27-22)13-17-5-3-15(25-17)12-16-4-6-18(26-16)14-20-8-10-23(21)28-20/h1-10,12-14,25-28H. The second kappa shape index (κ2) is 6.53. The van der Waals surface area contributed by atoms with Gasteiger partial charge in [0, 0.05) is 55.8 Å². The number of aromatic amines is 4. The Morgan fingerprint density at radius 3 is 1.96 bits per heavy atom. The van der Waals surface area contributed by atoms with Crippen LogP contribution in [-0.2, 0) is 0 Å². The number of aromatic nitrogens is 4. The summed E-state index contributed by atoms with van der Waals surface area (Å²) in [6.07, 6.45) is 9.52. The van der Waals surface area contributed by atoms with Crippen LogP contribution < -0.4 is 21.4 Å². The van der Waals surface area contributed by atoms with E-state index in [9.17, 15) is 0 Å². The highest BCUT2D eigenvalue weighted by molar-refractivity contribution is 5.72. The highest BCUT2D eigenvalue weighted by atomic mass is 14.8. The number of nitrogens with zero attached hydrogens (tertiary/aromatic N) is 1. The predicted molar refractivity (Wildman–Crippen MR) is 110 cm³/mol. The first-order valence-corrected chi connectivity index (χ1v) is 9.01. The molecule has 0 saturated carbocycles. The molecule has 0 spiro atoms. The number of hydrogen-bond donors (Lipinski definition) is 4. The zero-order chi connectivity index (χ0) is 18.9. The van der Waals surface area contributed by atoms with E-state index < -0.39 is 0 Å². The van der Waals surface area contributed by atoms with Gasteiger partial charge >= 0.3 is 0 Å². The van der Waals surface area contributed by atoms with Gasteiger partial charge in [0.1, 0.15) is 0 Å². The highest BCUT2D eigenvalue weighted by Crippen LogP contribution is 2.13. The molecule has 0 atom stereocenters. The molecular weight excluding hydrogens is 346 g/mol. The van der Waals surface area contributed by atoms with Crippen LogP contribution in [0.25, 0.3) is 23.8 Å². The molecule has 5 heteroatoms. The van der Waals surface area contributed by atoms with Gasteiger partial charge in [0.15, 0.2) is 0 Å². The average molecular weight is 363 g/mol. The Morgan fingerprint density at radius 1 is 0.643 bits per heavy atom. The van der Waals surface area contributed by atoms with E-state index in [4.69, 9.17) is 5.26 Å². The molecule has 8 bridgehead atoms. The van der Waals surface area contributed by atoms with Crippen LogP contribution >= 0.6 is 0 Å². The molecule has 1 aliphatic heterocycles. The van der Waals surface area contributed by atoms with E-state index in [1.165, 1.54) is 6.08 Å². The summed E-state index contributed by atoms with van der Waals surface area (Å²) < 4.78 is 0. The van der Waals surface area contributed by atoms with Crippen molar-refractivity contribution < 1.29 is 0 Å². The predicted octanol–water partition coefficient (Wildman–Crippen LogP) is 1.08. The second-order valence-corrected chi connectivity index (χ2v) is 6.70. The van der Waals surface area contributed by atoms with Gasteiger partial charge in [-0.25, -0.2) is 0 Å². The summed E-state index contributed by atoms with van der Waals surface area (Å²) in [5.74, 6) is 0. The molecule has 5 rings (SSSR count). The molecule has 0 unspecified atom stereocenters. The summed E-state index contributed by atoms with van der Waals surface area (Å²) >= 11 is 0. The molecule has 1 aliphatic rings. The number of H-pyrrole nitrogens is 4. The van der Waals surface area contributed by atoms with Gasteiger partial charge in [0.05, 0.1) is 6.07 Å². The van der Waals surface area contributed by atoms with Gasteiger partial charge in [-0.2, -0.15) is 5.26 Å². The van der Waals surface area contributed by atoms with Gasteiger partial charge in [-0.3, -0.25) is 0 Å². The Bertz CT molecular complexity index is 1470. The number of nitrogens with one attached hydrogen (secondary N) is 4. The molecule has 4 N–H and O–H groups in total. The Labute approximate surface area is 160 Å². The summed E-state index contributed by atoms with van der Waals surface area (Å²) in [6, 6.07) is 18.4. The Balaban J connectivity index is 1.82. The van der Waals surface area contributed by atoms with Crippen molar-refractivity contribution in [3.8, 4) is 6.07 Å². The molecule has 5 nitrogen and oxygen atoms in total. The summed E-state index contributed by atoms with van der Waals surface area (Å²) in [7, 11) is 0. The first-order valence-electron chi connectivity index (χ1n) is 9.01. The Kier molecular flexibility index (Phi) is 3.74. The maximum absolute atomic E-state index is 9.00. The molecule has 0 aliphatic carbocycles. The fraction of sp³-hybridized carbons (Fsp3) is 0. The maximum Gasteiger partial charge on any atom is 0.0912 e. The number of fused-ring (bicyclic) bond motifs is 8. The quantitative estimate of drug-likeness (QED) is 0.375. The van der Waals surface area contributed by atoms with Crippen molar-refractivity contribution in [2.75, 3.05) is 0 Å². The SMILES string of the molecule is N#CC=CC1=c2ccc([nH]2)=Cc2ccc([nH]2)C=c2ccc([nH]2)=Cc2ccc1[nH]2. The molecule has 4 aromatic rings. The van der Waals surface area contributed by atoms with Gasteiger partial charge in [0.2, 0.25) is 0 Å². The number of rotatable bonds is 1. The molecular formula is C23H17N5. The van der Waals surface area contributed by atoms with E-state index in [2.05, 4.69) is 68.5 Å². The van der Waals surface area contributed by atoms with E-state index in [0.717, 1.165) is 49.7 Å². The van der Waals surface area contributed by atoms with Crippen LogP contribution in [0.5, 0.6) is 0 Å². The lowest BCUT2D eigenvalue weighted by molar-refractivity contribution is 1.22. The fourth-order valence-corrected chi connectivity index (χ4v) is 3.45. The molecule has 0 amide bonds. The van der Waals surface area contributed by atoms with Crippen molar-refractivity contribution in [2.24, 2.45) is 0 Å². The lowest BCUT2D eigenvalue weighted by atomic mass is 10.1. The normalized spacial score (nSPS) is 12.9. The lowest BCUT2D eigenvalue weighted by Gasteiger charge is -1.97. The zero-order valence-electron chi connectivity index (χ0n) is 15.0. The molecule has 0 fully saturated rings. The minimum atomic E-state index is 0.931. The first-order chi connectivity index (χ1) is 13.8. The third kappa shape index (κ3) is 3.04. The minimum absolute atomic E-state index is 0.931. The molecule has 5 heterocycles. The van der Waals surface area contributed by atoms with Crippen LogP contribution in [0.2, 0.25) is 0 Å². The van der Waals surface area contributed by atoms with Crippen molar-refractivity contribution >= 4 is 23.8 Å². The van der Waals surface area contributed by atoms with Crippen LogP contribution in [0.3, 0.4) is 0 Å². The Morgan fingerprint density at radius 2 is 1.25 bits per heavy atom. The smallest absolute Gasteiger partial charge is 0.0912 e. The van der Waals surface area contributed by atoms with Gasteiger partial charge < -0.3 is 19.9 Å². The van der Waals surface area contributed by atoms with E-state index in [-0.39, 0.29) is 0 Å². The van der Waals surface area contributed by atoms with Gasteiger partial charge in [-0.15, -0.1) is 0 Å². The third-order valence-electron chi connectivity index (χ3n) is 4.72. The monoisotopic (exact) mass is 363 g/mol. The lowest BCUT2D eigenvalue weighted by Crippen LogP contribution is -2.13. The summed E-state index contributed by atoms with van der Waals surface area (Å²) in [5.41, 5.74) is 4.91. The Hall–Kier alpha value is -4.17. The van der Waals surface area contributed by atoms with Crippen LogP contribution in [0.4, 0.5) is 0 Å². The van der Waals surface area contributed by atoms with Crippen molar-refractivity contribution in [3.05, 3.63) is 105 Å². The average Bonchev–Trinajstić information content (AvgIpc) is 3.46. The molecule has 0 saturated heterocycles. The summed E-state index contributed by atoms with van der Waals surface area (Å²) in [5, 5.41) is 13.0. The largest absolute Gasteiger partial charge is 0.355 e. The maximum atomic E-state index is 9.00. The zero-order valence-corrected chi connectivity index (χ0v) is 15.0. The van der Waals surface area contributed by atoms with Crippen molar-refractivity contribution in [2.45, 2.75) is 0 Å². The fourth-order valence-electron chi connectivity index (χ4n) is 3.45. The molecule has 0 aromatic carbocycles. The van der Waals surface area contributed by atoms with E-state index in [0.29, 0.717) is 0 Å². The number of nitriles is 1. The molecule has 4 aromatic heterocycles. The molecule has 134 valence electrons. The number of hydrogen-bond acceptors (Lipinski definition) is 1. The van der Waals surface area contributed by atoms with Gasteiger partial charge in [-0.05, 0) is 72.8 Å². The van der Waals surface area contributed by atoms with Crippen LogP contribution in [-0.4, -0.2) is 19.9 Å². The van der Waals surface area contributed by atoms with Crippen LogP contribution in [0.15, 0.2) is 60.7 Å².